The number of ether oxygens (including phenoxy) is 1. The van der Waals surface area contributed by atoms with Gasteiger partial charge in [0.2, 0.25) is 11.8 Å². The van der Waals surface area contributed by atoms with Gasteiger partial charge < -0.3 is 26.0 Å². The Balaban J connectivity index is 2.54. The number of carbonyl (C=O) groups excluding carboxylic acids is 4. The highest BCUT2D eigenvalue weighted by Crippen LogP contribution is 2.30. The first-order chi connectivity index (χ1) is 18.2. The molecule has 0 aromatic heterocycles. The Hall–Kier alpha value is -3.59. The fourth-order valence-corrected chi connectivity index (χ4v) is 4.37. The molecule has 0 spiro atoms. The Labute approximate surface area is 235 Å². The average molecular weight is 559 g/mol. The van der Waals surface area contributed by atoms with Crippen molar-refractivity contribution in [3.63, 3.8) is 0 Å². The molecular weight excluding hydrogens is 520 g/mol. The van der Waals surface area contributed by atoms with Gasteiger partial charge in [-0.1, -0.05) is 60.5 Å². The lowest BCUT2D eigenvalue weighted by Gasteiger charge is -2.34. The van der Waals surface area contributed by atoms with E-state index in [1.807, 2.05) is 45.0 Å². The monoisotopic (exact) mass is 558 g/mol. The normalized spacial score (nSPS) is 12.7. The van der Waals surface area contributed by atoms with Crippen LogP contribution < -0.4 is 16.4 Å². The molecule has 2 unspecified atom stereocenters. The maximum absolute atomic E-state index is 14.0. The van der Waals surface area contributed by atoms with Crippen LogP contribution in [0.25, 0.3) is 0 Å². The van der Waals surface area contributed by atoms with E-state index < -0.39 is 41.5 Å². The van der Waals surface area contributed by atoms with Gasteiger partial charge in [0.1, 0.15) is 17.7 Å². The third kappa shape index (κ3) is 9.58. The number of nitrogens with two attached hydrogens (primary N) is 1. The number of carbonyl (C=O) groups is 4. The van der Waals surface area contributed by atoms with Crippen LogP contribution in [0, 0.1) is 13.8 Å². The number of hydrogen-bond donors (Lipinski definition) is 3. The summed E-state index contributed by atoms with van der Waals surface area (Å²) >= 11 is 6.38. The second kappa shape index (κ2) is 14.0. The summed E-state index contributed by atoms with van der Waals surface area (Å²) in [5.41, 5.74) is 7.25. The number of amides is 4. The number of para-hydroxylation sites is 1. The van der Waals surface area contributed by atoms with Gasteiger partial charge in [-0.25, -0.2) is 4.79 Å². The summed E-state index contributed by atoms with van der Waals surface area (Å²) in [6.07, 6.45) is -0.488. The van der Waals surface area contributed by atoms with Gasteiger partial charge in [0, 0.05) is 13.0 Å². The fraction of sp³-hybridized carbons (Fsp3) is 0.448. The minimum Gasteiger partial charge on any atom is -0.444 e. The number of halogens is 1. The van der Waals surface area contributed by atoms with Gasteiger partial charge >= 0.3 is 6.09 Å². The molecule has 2 rings (SSSR count). The molecular formula is C29H39ClN4O5. The number of primary amides is 1. The quantitative estimate of drug-likeness (QED) is 0.356. The highest BCUT2D eigenvalue weighted by Gasteiger charge is 2.36. The second-order valence-corrected chi connectivity index (χ2v) is 10.9. The molecule has 9 nitrogen and oxygen atoms in total. The number of aryl methyl sites for hydroxylation is 2. The molecule has 10 heteroatoms. The van der Waals surface area contributed by atoms with E-state index in [1.165, 1.54) is 4.90 Å². The molecule has 4 N–H and O–H groups in total. The van der Waals surface area contributed by atoms with E-state index in [0.717, 1.165) is 11.1 Å². The lowest BCUT2D eigenvalue weighted by Crippen LogP contribution is -2.52. The average Bonchev–Trinajstić information content (AvgIpc) is 2.82. The number of nitrogens with one attached hydrogen (secondary N) is 2. The molecule has 0 saturated heterocycles. The molecule has 2 aromatic rings. The predicted octanol–water partition coefficient (Wildman–Crippen LogP) is 5.03. The van der Waals surface area contributed by atoms with Crippen LogP contribution in [-0.4, -0.2) is 46.9 Å². The van der Waals surface area contributed by atoms with E-state index in [4.69, 9.17) is 22.1 Å². The smallest absolute Gasteiger partial charge is 0.408 e. The number of alkyl carbamates (subject to hydrolysis) is 1. The highest BCUT2D eigenvalue weighted by atomic mass is 35.5. The molecule has 0 fully saturated rings. The van der Waals surface area contributed by atoms with E-state index in [2.05, 4.69) is 10.6 Å². The van der Waals surface area contributed by atoms with Gasteiger partial charge in [0.15, 0.2) is 0 Å². The number of rotatable bonds is 11. The van der Waals surface area contributed by atoms with Crippen molar-refractivity contribution in [3.05, 3.63) is 64.2 Å². The largest absolute Gasteiger partial charge is 0.444 e. The maximum atomic E-state index is 14.0. The van der Waals surface area contributed by atoms with Crippen molar-refractivity contribution >= 4 is 41.1 Å². The minimum absolute atomic E-state index is 0.0561. The summed E-state index contributed by atoms with van der Waals surface area (Å²) in [5, 5.41) is 5.85. The molecule has 212 valence electrons. The van der Waals surface area contributed by atoms with Gasteiger partial charge in [-0.05, 0) is 64.7 Å². The summed E-state index contributed by atoms with van der Waals surface area (Å²) in [5.74, 6) is -1.63. The Morgan fingerprint density at radius 1 is 1.08 bits per heavy atom. The molecule has 0 aliphatic carbocycles. The highest BCUT2D eigenvalue weighted by molar-refractivity contribution is 6.34. The number of anilines is 1. The van der Waals surface area contributed by atoms with E-state index in [9.17, 15) is 19.2 Å². The Bertz CT molecular complexity index is 1170. The van der Waals surface area contributed by atoms with Crippen molar-refractivity contribution < 1.29 is 23.9 Å². The third-order valence-corrected chi connectivity index (χ3v) is 6.12. The molecule has 2 aromatic carbocycles. The number of benzene rings is 2. The van der Waals surface area contributed by atoms with Crippen LogP contribution in [0.4, 0.5) is 10.5 Å². The van der Waals surface area contributed by atoms with Crippen molar-refractivity contribution in [2.75, 3.05) is 11.9 Å². The van der Waals surface area contributed by atoms with Gasteiger partial charge in [-0.15, -0.1) is 0 Å². The van der Waals surface area contributed by atoms with E-state index in [-0.39, 0.29) is 19.4 Å². The molecule has 39 heavy (non-hydrogen) atoms. The van der Waals surface area contributed by atoms with Crippen LogP contribution >= 0.6 is 11.6 Å². The van der Waals surface area contributed by atoms with Crippen LogP contribution in [0.1, 0.15) is 69.7 Å². The molecule has 2 atom stereocenters. The topological polar surface area (TPSA) is 131 Å². The summed E-state index contributed by atoms with van der Waals surface area (Å²) < 4.78 is 5.35. The molecule has 4 amide bonds. The fourth-order valence-electron chi connectivity index (χ4n) is 4.10. The van der Waals surface area contributed by atoms with Crippen LogP contribution in [-0.2, 0) is 19.1 Å². The lowest BCUT2D eigenvalue weighted by atomic mass is 9.99. The number of hydrogen-bond acceptors (Lipinski definition) is 5. The molecule has 0 bridgehead atoms. The maximum Gasteiger partial charge on any atom is 0.408 e. The zero-order valence-electron chi connectivity index (χ0n) is 23.5. The van der Waals surface area contributed by atoms with Gasteiger partial charge in [0.25, 0.3) is 5.91 Å². The van der Waals surface area contributed by atoms with E-state index in [0.29, 0.717) is 22.7 Å². The van der Waals surface area contributed by atoms with Crippen molar-refractivity contribution in [2.24, 2.45) is 5.73 Å². The molecule has 0 aliphatic rings. The van der Waals surface area contributed by atoms with Crippen molar-refractivity contribution in [2.45, 2.75) is 78.5 Å². The van der Waals surface area contributed by atoms with Crippen molar-refractivity contribution in [1.29, 1.82) is 0 Å². The summed E-state index contributed by atoms with van der Waals surface area (Å²) in [7, 11) is 0. The Morgan fingerprint density at radius 3 is 2.31 bits per heavy atom. The molecule has 0 radical (unpaired) electrons. The Kier molecular flexibility index (Phi) is 11.3. The lowest BCUT2D eigenvalue weighted by molar-refractivity contribution is -0.141. The molecule has 0 heterocycles. The van der Waals surface area contributed by atoms with Crippen molar-refractivity contribution in [1.82, 2.24) is 10.2 Å². The summed E-state index contributed by atoms with van der Waals surface area (Å²) in [6, 6.07) is 10.4. The van der Waals surface area contributed by atoms with Gasteiger partial charge in [-0.3, -0.25) is 14.4 Å². The van der Waals surface area contributed by atoms with Gasteiger partial charge in [-0.2, -0.15) is 0 Å². The van der Waals surface area contributed by atoms with Crippen LogP contribution in [0.2, 0.25) is 5.02 Å². The van der Waals surface area contributed by atoms with Gasteiger partial charge in [0.05, 0.1) is 10.7 Å². The third-order valence-electron chi connectivity index (χ3n) is 5.80. The Morgan fingerprint density at radius 2 is 1.74 bits per heavy atom. The van der Waals surface area contributed by atoms with Crippen LogP contribution in [0.5, 0.6) is 0 Å². The standard InChI is InChI=1S/C29H39ClN4O5/c1-7-16-34(27(37)22(14-15-23(31)35)32-28(38)39-29(4,5)6)25(20-12-8-10-18(2)17-20)26(36)33-24-19(3)11-9-13-21(24)30/h8-13,17,22,25H,7,14-16H2,1-6H3,(H2,31,35)(H,32,38)(H,33,36). The first-order valence-corrected chi connectivity index (χ1v) is 13.3. The zero-order chi connectivity index (χ0) is 29.3. The summed E-state index contributed by atoms with van der Waals surface area (Å²) in [6.45, 7) is 10.9. The molecule has 0 saturated carbocycles. The van der Waals surface area contributed by atoms with Crippen LogP contribution in [0.15, 0.2) is 42.5 Å². The second-order valence-electron chi connectivity index (χ2n) is 10.5. The summed E-state index contributed by atoms with van der Waals surface area (Å²) in [4.78, 5) is 53.5. The first kappa shape index (κ1) is 31.6. The minimum atomic E-state index is -1.15. The number of nitrogens with zero attached hydrogens (tertiary/aromatic N) is 1. The van der Waals surface area contributed by atoms with E-state index >= 15 is 0 Å². The van der Waals surface area contributed by atoms with Crippen molar-refractivity contribution in [3.8, 4) is 0 Å². The zero-order valence-corrected chi connectivity index (χ0v) is 24.2. The SMILES string of the molecule is CCCN(C(=O)C(CCC(N)=O)NC(=O)OC(C)(C)C)C(C(=O)Nc1c(C)cccc1Cl)c1cccc(C)c1. The first-order valence-electron chi connectivity index (χ1n) is 12.9. The van der Waals surface area contributed by atoms with Crippen LogP contribution in [0.3, 0.4) is 0 Å². The van der Waals surface area contributed by atoms with E-state index in [1.54, 1.807) is 39.0 Å². The predicted molar refractivity (Wildman–Crippen MR) is 152 cm³/mol. The molecule has 0 aliphatic heterocycles.